The average molecular weight is 477 g/mol. The zero-order chi connectivity index (χ0) is 25.2. The lowest BCUT2D eigenvalue weighted by molar-refractivity contribution is -0.175. The molecule has 0 radical (unpaired) electrons. The first-order valence-corrected chi connectivity index (χ1v) is 11.3. The zero-order valence-corrected chi connectivity index (χ0v) is 18.8. The minimum absolute atomic E-state index is 0.0271. The number of aromatic hydroxyl groups is 1. The molecule has 0 spiro atoms. The van der Waals surface area contributed by atoms with Gasteiger partial charge in [0.2, 0.25) is 5.91 Å². The number of primary amides is 1. The van der Waals surface area contributed by atoms with Gasteiger partial charge < -0.3 is 20.7 Å². The highest BCUT2D eigenvalue weighted by molar-refractivity contribution is 6.31. The Balaban J connectivity index is 1.60. The molecule has 3 aliphatic rings. The SMILES string of the molecule is COc1ccc(-c2ccc(O)c3c2C[C@H]2C[C@H]4CC(=O)C(C(N)=O)C(=O)[C@@]4(O)C(=O)C2C3=O)cc1. The number of carbonyl (C=O) groups is 5. The van der Waals surface area contributed by atoms with E-state index in [-0.39, 0.29) is 30.6 Å². The summed E-state index contributed by atoms with van der Waals surface area (Å²) in [7, 11) is 1.55. The molecular weight excluding hydrogens is 454 g/mol. The molecule has 2 fully saturated rings. The fourth-order valence-corrected chi connectivity index (χ4v) is 6.01. The number of aliphatic hydroxyl groups is 1. The molecule has 2 aromatic rings. The van der Waals surface area contributed by atoms with Gasteiger partial charge in [-0.15, -0.1) is 0 Å². The van der Waals surface area contributed by atoms with Gasteiger partial charge in [0.15, 0.2) is 34.7 Å². The highest BCUT2D eigenvalue weighted by atomic mass is 16.5. The van der Waals surface area contributed by atoms with Gasteiger partial charge in [0.1, 0.15) is 11.5 Å². The van der Waals surface area contributed by atoms with Crippen LogP contribution in [0.15, 0.2) is 36.4 Å². The third-order valence-corrected chi connectivity index (χ3v) is 7.69. The lowest BCUT2D eigenvalue weighted by Gasteiger charge is -2.48. The molecule has 2 unspecified atom stereocenters. The molecule has 5 atom stereocenters. The van der Waals surface area contributed by atoms with E-state index >= 15 is 0 Å². The van der Waals surface area contributed by atoms with Gasteiger partial charge in [0.25, 0.3) is 0 Å². The van der Waals surface area contributed by atoms with Crippen LogP contribution in [0.1, 0.15) is 28.8 Å². The van der Waals surface area contributed by atoms with Crippen molar-refractivity contribution in [2.24, 2.45) is 29.4 Å². The third-order valence-electron chi connectivity index (χ3n) is 7.69. The van der Waals surface area contributed by atoms with Gasteiger partial charge in [-0.1, -0.05) is 18.2 Å². The second kappa shape index (κ2) is 7.84. The van der Waals surface area contributed by atoms with Gasteiger partial charge in [0, 0.05) is 12.3 Å². The van der Waals surface area contributed by atoms with Crippen molar-refractivity contribution >= 4 is 29.0 Å². The maximum atomic E-state index is 13.6. The maximum Gasteiger partial charge on any atom is 0.235 e. The van der Waals surface area contributed by atoms with Crippen molar-refractivity contribution in [3.05, 3.63) is 47.5 Å². The van der Waals surface area contributed by atoms with Gasteiger partial charge in [-0.25, -0.2) is 0 Å². The van der Waals surface area contributed by atoms with E-state index < -0.39 is 58.3 Å². The predicted molar refractivity (Wildman–Crippen MR) is 120 cm³/mol. The van der Waals surface area contributed by atoms with Gasteiger partial charge in [-0.3, -0.25) is 24.0 Å². The van der Waals surface area contributed by atoms with Gasteiger partial charge in [0.05, 0.1) is 18.6 Å². The molecular formula is C26H23NO8. The Morgan fingerprint density at radius 3 is 2.34 bits per heavy atom. The average Bonchev–Trinajstić information content (AvgIpc) is 2.81. The van der Waals surface area contributed by atoms with E-state index in [1.165, 1.54) is 6.07 Å². The number of ether oxygens (including phenoxy) is 1. The quantitative estimate of drug-likeness (QED) is 0.552. The maximum absolute atomic E-state index is 13.6. The van der Waals surface area contributed by atoms with Crippen LogP contribution in [-0.4, -0.2) is 52.0 Å². The standard InChI is InChI=1S/C26H23NO8/c1-35-14-4-2-11(3-5-14)15-6-7-17(28)20-16(15)9-12-8-13-10-18(29)21(25(27)33)24(32)26(13,34)23(31)19(12)22(20)30/h2-7,12-13,19,21,28,34H,8-10H2,1H3,(H2,27,33)/t12-,13+,19?,21?,26+/m1/s1. The number of rotatable bonds is 3. The summed E-state index contributed by atoms with van der Waals surface area (Å²) in [6, 6.07) is 10.2. The third kappa shape index (κ3) is 3.15. The van der Waals surface area contributed by atoms with Crippen LogP contribution in [0.4, 0.5) is 0 Å². The summed E-state index contributed by atoms with van der Waals surface area (Å²) in [4.78, 5) is 64.2. The number of phenolic OH excluding ortho intramolecular Hbond substituents is 1. The molecule has 4 N–H and O–H groups in total. The van der Waals surface area contributed by atoms with Gasteiger partial charge >= 0.3 is 0 Å². The summed E-state index contributed by atoms with van der Waals surface area (Å²) in [6.45, 7) is 0. The Morgan fingerprint density at radius 2 is 1.71 bits per heavy atom. The van der Waals surface area contributed by atoms with Crippen molar-refractivity contribution in [3.8, 4) is 22.6 Å². The highest BCUT2D eigenvalue weighted by Crippen LogP contribution is 2.51. The fourth-order valence-electron chi connectivity index (χ4n) is 6.01. The summed E-state index contributed by atoms with van der Waals surface area (Å²) >= 11 is 0. The molecule has 5 rings (SSSR count). The number of Topliss-reactive ketones (excluding diaryl/α,β-unsaturated/α-hetero) is 4. The highest BCUT2D eigenvalue weighted by Gasteiger charge is 2.66. The largest absolute Gasteiger partial charge is 0.507 e. The van der Waals surface area contributed by atoms with E-state index in [2.05, 4.69) is 0 Å². The first-order valence-electron chi connectivity index (χ1n) is 11.3. The molecule has 3 aliphatic carbocycles. The van der Waals surface area contributed by atoms with Crippen molar-refractivity contribution in [1.82, 2.24) is 0 Å². The summed E-state index contributed by atoms with van der Waals surface area (Å²) in [6.07, 6.45) is -0.0859. The Hall–Kier alpha value is -3.85. The van der Waals surface area contributed by atoms with Crippen molar-refractivity contribution < 1.29 is 38.9 Å². The van der Waals surface area contributed by atoms with Crippen molar-refractivity contribution in [3.63, 3.8) is 0 Å². The minimum Gasteiger partial charge on any atom is -0.507 e. The Kier molecular flexibility index (Phi) is 5.14. The summed E-state index contributed by atoms with van der Waals surface area (Å²) in [5.41, 5.74) is 4.56. The van der Waals surface area contributed by atoms with Crippen molar-refractivity contribution in [2.45, 2.75) is 24.9 Å². The molecule has 0 aromatic heterocycles. The molecule has 2 aromatic carbocycles. The van der Waals surface area contributed by atoms with Crippen LogP contribution in [0.25, 0.3) is 11.1 Å². The van der Waals surface area contributed by atoms with Crippen LogP contribution in [0.2, 0.25) is 0 Å². The van der Waals surface area contributed by atoms with Crippen LogP contribution in [0.5, 0.6) is 11.5 Å². The van der Waals surface area contributed by atoms with Crippen LogP contribution in [-0.2, 0) is 25.6 Å². The molecule has 2 saturated carbocycles. The molecule has 0 aliphatic heterocycles. The normalized spacial score (nSPS) is 29.8. The van der Waals surface area contributed by atoms with E-state index in [4.69, 9.17) is 10.5 Å². The monoisotopic (exact) mass is 477 g/mol. The first-order chi connectivity index (χ1) is 16.6. The number of hydrogen-bond donors (Lipinski definition) is 3. The summed E-state index contributed by atoms with van der Waals surface area (Å²) < 4.78 is 5.20. The van der Waals surface area contributed by atoms with Gasteiger partial charge in [-0.05, 0) is 53.6 Å². The van der Waals surface area contributed by atoms with Crippen molar-refractivity contribution in [2.75, 3.05) is 7.11 Å². The lowest BCUT2D eigenvalue weighted by Crippen LogP contribution is -2.68. The molecule has 0 bridgehead atoms. The number of methoxy groups -OCH3 is 1. The van der Waals surface area contributed by atoms with E-state index in [1.54, 1.807) is 25.3 Å². The van der Waals surface area contributed by atoms with Gasteiger partial charge in [-0.2, -0.15) is 0 Å². The Labute approximate surface area is 199 Å². The minimum atomic E-state index is -2.65. The number of fused-ring (bicyclic) bond motifs is 3. The predicted octanol–water partition coefficient (Wildman–Crippen LogP) is 1.00. The lowest BCUT2D eigenvalue weighted by atomic mass is 9.53. The summed E-state index contributed by atoms with van der Waals surface area (Å²) in [5.74, 6) is -9.55. The zero-order valence-electron chi connectivity index (χ0n) is 18.8. The molecule has 180 valence electrons. The van der Waals surface area contributed by atoms with Crippen molar-refractivity contribution in [1.29, 1.82) is 0 Å². The molecule has 9 heteroatoms. The van der Waals surface area contributed by atoms with Crippen LogP contribution >= 0.6 is 0 Å². The number of phenols is 1. The van der Waals surface area contributed by atoms with E-state index in [9.17, 15) is 34.2 Å². The second-order valence-corrected chi connectivity index (χ2v) is 9.45. The fraction of sp³-hybridized carbons (Fsp3) is 0.346. The van der Waals surface area contributed by atoms with Crippen LogP contribution in [0, 0.1) is 23.7 Å². The number of amides is 1. The summed E-state index contributed by atoms with van der Waals surface area (Å²) in [5, 5.41) is 21.8. The molecule has 9 nitrogen and oxygen atoms in total. The topological polar surface area (TPSA) is 161 Å². The van der Waals surface area contributed by atoms with Crippen LogP contribution < -0.4 is 10.5 Å². The molecule has 0 saturated heterocycles. The molecule has 0 heterocycles. The molecule has 1 amide bonds. The van der Waals surface area contributed by atoms with E-state index in [0.717, 1.165) is 5.56 Å². The smallest absolute Gasteiger partial charge is 0.235 e. The number of benzene rings is 2. The van der Waals surface area contributed by atoms with Crippen LogP contribution in [0.3, 0.4) is 0 Å². The number of ketones is 4. The first kappa shape index (κ1) is 22.9. The molecule has 35 heavy (non-hydrogen) atoms. The number of hydrogen-bond acceptors (Lipinski definition) is 8. The van der Waals surface area contributed by atoms with E-state index in [1.807, 2.05) is 12.1 Å². The Morgan fingerprint density at radius 1 is 1.03 bits per heavy atom. The Bertz CT molecular complexity index is 1310. The second-order valence-electron chi connectivity index (χ2n) is 9.45. The number of nitrogens with two attached hydrogens (primary N) is 1. The number of carbonyl (C=O) groups excluding carboxylic acids is 5. The van der Waals surface area contributed by atoms with E-state index in [0.29, 0.717) is 16.9 Å².